The molecule has 5 atom stereocenters. The summed E-state index contributed by atoms with van der Waals surface area (Å²) in [5.41, 5.74) is 0.515. The van der Waals surface area contributed by atoms with Crippen LogP contribution in [0.1, 0.15) is 15.9 Å². The van der Waals surface area contributed by atoms with Crippen molar-refractivity contribution in [1.82, 2.24) is 0 Å². The van der Waals surface area contributed by atoms with Crippen LogP contribution in [-0.2, 0) is 4.74 Å². The Balaban J connectivity index is 1.69. The quantitative estimate of drug-likeness (QED) is 0.254. The van der Waals surface area contributed by atoms with E-state index in [1.165, 1.54) is 37.5 Å². The van der Waals surface area contributed by atoms with Crippen LogP contribution in [0.5, 0.6) is 23.0 Å². The zero-order chi connectivity index (χ0) is 23.4. The van der Waals surface area contributed by atoms with Crippen molar-refractivity contribution in [2.75, 3.05) is 13.7 Å². The van der Waals surface area contributed by atoms with Crippen molar-refractivity contribution in [2.45, 2.75) is 30.7 Å². The van der Waals surface area contributed by atoms with Gasteiger partial charge in [-0.05, 0) is 23.8 Å². The van der Waals surface area contributed by atoms with Gasteiger partial charge in [0.05, 0.1) is 13.7 Å². The van der Waals surface area contributed by atoms with Gasteiger partial charge >= 0.3 is 0 Å². The van der Waals surface area contributed by atoms with Crippen LogP contribution < -0.4 is 9.47 Å². The fraction of sp³-hybridized carbons (Fsp3) is 0.318. The average molecular weight is 448 g/mol. The van der Waals surface area contributed by atoms with Gasteiger partial charge < -0.3 is 44.8 Å². The van der Waals surface area contributed by atoms with Gasteiger partial charge in [-0.3, -0.25) is 4.79 Å². The summed E-state index contributed by atoms with van der Waals surface area (Å²) in [7, 11) is 1.31. The number of rotatable bonds is 7. The number of aliphatic hydroxyl groups excluding tert-OH is 4. The van der Waals surface area contributed by atoms with E-state index >= 15 is 0 Å². The average Bonchev–Trinajstić information content (AvgIpc) is 2.78. The van der Waals surface area contributed by atoms with E-state index in [-0.39, 0.29) is 22.8 Å². The Morgan fingerprint density at radius 1 is 1.06 bits per heavy atom. The normalized spacial score (nSPS) is 25.6. The summed E-state index contributed by atoms with van der Waals surface area (Å²) in [5, 5.41) is 58.4. The molecule has 0 aromatic heterocycles. The van der Waals surface area contributed by atoms with Gasteiger partial charge in [0.2, 0.25) is 6.29 Å². The highest BCUT2D eigenvalue weighted by molar-refractivity contribution is 6.10. The van der Waals surface area contributed by atoms with E-state index in [2.05, 4.69) is 0 Å². The molecule has 2 aromatic carbocycles. The topological polar surface area (TPSA) is 166 Å². The SMILES string of the molecule is COc1cc(O)cc(O)c1C(=O)/C=C/c1ccc(O[C@@H]2O[C@H](CO)[C@@H](O)[C@H](O)[C@H]2O)cc1. The fourth-order valence-electron chi connectivity index (χ4n) is 3.21. The number of ether oxygens (including phenoxy) is 3. The molecule has 10 heteroatoms. The molecule has 172 valence electrons. The van der Waals surface area contributed by atoms with Gasteiger partial charge in [-0.2, -0.15) is 0 Å². The Morgan fingerprint density at radius 2 is 1.75 bits per heavy atom. The standard InChI is InChI=1S/C22H24O10/c1-30-16-9-12(24)8-15(26)18(16)14(25)7-4-11-2-5-13(6-3-11)31-22-21(29)20(28)19(27)17(10-23)32-22/h2-9,17,19-24,26-29H,10H2,1H3/b7-4+/t17-,19-,20+,21-,22-/m1/s1. The van der Waals surface area contributed by atoms with E-state index < -0.39 is 48.8 Å². The van der Waals surface area contributed by atoms with Crippen LogP contribution in [0.4, 0.5) is 0 Å². The first-order valence-electron chi connectivity index (χ1n) is 9.64. The van der Waals surface area contributed by atoms with E-state index in [0.29, 0.717) is 5.56 Å². The van der Waals surface area contributed by atoms with Gasteiger partial charge in [-0.1, -0.05) is 18.2 Å². The molecule has 0 saturated carbocycles. The Hall–Kier alpha value is -3.15. The molecule has 1 saturated heterocycles. The summed E-state index contributed by atoms with van der Waals surface area (Å²) in [6, 6.07) is 8.53. The van der Waals surface area contributed by atoms with Crippen molar-refractivity contribution < 1.29 is 49.6 Å². The van der Waals surface area contributed by atoms with E-state index in [1.807, 2.05) is 0 Å². The minimum atomic E-state index is -1.55. The number of phenolic OH excluding ortho intramolecular Hbond substituents is 2. The molecule has 0 aliphatic carbocycles. The number of carbonyl (C=O) groups excluding carboxylic acids is 1. The van der Waals surface area contributed by atoms with Crippen molar-refractivity contribution in [2.24, 2.45) is 0 Å². The summed E-state index contributed by atoms with van der Waals surface area (Å²) in [6.07, 6.45) is -4.23. The molecule has 0 unspecified atom stereocenters. The summed E-state index contributed by atoms with van der Waals surface area (Å²) in [6.45, 7) is -0.566. The highest BCUT2D eigenvalue weighted by atomic mass is 16.7. The van der Waals surface area contributed by atoms with Crippen LogP contribution in [0.25, 0.3) is 6.08 Å². The number of hydrogen-bond acceptors (Lipinski definition) is 10. The third-order valence-electron chi connectivity index (χ3n) is 4.94. The fourth-order valence-corrected chi connectivity index (χ4v) is 3.21. The lowest BCUT2D eigenvalue weighted by molar-refractivity contribution is -0.277. The number of hydrogen-bond donors (Lipinski definition) is 6. The van der Waals surface area contributed by atoms with Crippen LogP contribution in [0.3, 0.4) is 0 Å². The predicted molar refractivity (Wildman–Crippen MR) is 111 cm³/mol. The maximum Gasteiger partial charge on any atom is 0.229 e. The number of phenols is 2. The summed E-state index contributed by atoms with van der Waals surface area (Å²) >= 11 is 0. The van der Waals surface area contributed by atoms with Crippen molar-refractivity contribution in [1.29, 1.82) is 0 Å². The largest absolute Gasteiger partial charge is 0.508 e. The maximum atomic E-state index is 12.5. The summed E-state index contributed by atoms with van der Waals surface area (Å²) < 4.78 is 15.8. The first-order chi connectivity index (χ1) is 15.2. The first kappa shape index (κ1) is 23.5. The molecule has 32 heavy (non-hydrogen) atoms. The van der Waals surface area contributed by atoms with Crippen molar-refractivity contribution >= 4 is 11.9 Å². The zero-order valence-electron chi connectivity index (χ0n) is 17.0. The number of aromatic hydroxyl groups is 2. The number of benzene rings is 2. The predicted octanol–water partition coefficient (Wildman–Crippen LogP) is 0.181. The monoisotopic (exact) mass is 448 g/mol. The lowest BCUT2D eigenvalue weighted by Gasteiger charge is -2.39. The van der Waals surface area contributed by atoms with Gasteiger partial charge in [0.15, 0.2) is 5.78 Å². The van der Waals surface area contributed by atoms with Crippen LogP contribution in [-0.4, -0.2) is 80.8 Å². The molecule has 10 nitrogen and oxygen atoms in total. The van der Waals surface area contributed by atoms with Crippen LogP contribution >= 0.6 is 0 Å². The van der Waals surface area contributed by atoms with Crippen molar-refractivity contribution in [3.8, 4) is 23.0 Å². The number of methoxy groups -OCH3 is 1. The van der Waals surface area contributed by atoms with E-state index in [4.69, 9.17) is 14.2 Å². The molecular weight excluding hydrogens is 424 g/mol. The van der Waals surface area contributed by atoms with Gasteiger partial charge in [0.25, 0.3) is 0 Å². The summed E-state index contributed by atoms with van der Waals surface area (Å²) in [4.78, 5) is 12.5. The molecule has 0 bridgehead atoms. The lowest BCUT2D eigenvalue weighted by atomic mass is 9.99. The van der Waals surface area contributed by atoms with Gasteiger partial charge in [0.1, 0.15) is 53.0 Å². The van der Waals surface area contributed by atoms with Gasteiger partial charge in [-0.25, -0.2) is 0 Å². The second-order valence-electron chi connectivity index (χ2n) is 7.12. The molecule has 1 aliphatic rings. The molecule has 1 heterocycles. The molecule has 6 N–H and O–H groups in total. The third-order valence-corrected chi connectivity index (χ3v) is 4.94. The highest BCUT2D eigenvalue weighted by Crippen LogP contribution is 2.33. The second-order valence-corrected chi connectivity index (χ2v) is 7.12. The molecule has 0 amide bonds. The van der Waals surface area contributed by atoms with E-state index in [1.54, 1.807) is 12.1 Å². The maximum absolute atomic E-state index is 12.5. The minimum Gasteiger partial charge on any atom is -0.508 e. The van der Waals surface area contributed by atoms with Crippen LogP contribution in [0.2, 0.25) is 0 Å². The van der Waals surface area contributed by atoms with Gasteiger partial charge in [-0.15, -0.1) is 0 Å². The lowest BCUT2D eigenvalue weighted by Crippen LogP contribution is -2.60. The number of ketones is 1. The molecule has 1 aliphatic heterocycles. The third kappa shape index (κ3) is 5.01. The molecule has 2 aromatic rings. The zero-order valence-corrected chi connectivity index (χ0v) is 17.0. The molecular formula is C22H24O10. The Labute approximate surface area is 183 Å². The molecule has 0 spiro atoms. The van der Waals surface area contributed by atoms with Gasteiger partial charge in [0, 0.05) is 12.1 Å². The van der Waals surface area contributed by atoms with Crippen molar-refractivity contribution in [3.63, 3.8) is 0 Å². The smallest absolute Gasteiger partial charge is 0.229 e. The second kappa shape index (κ2) is 9.98. The van der Waals surface area contributed by atoms with E-state index in [0.717, 1.165) is 6.07 Å². The molecule has 1 fully saturated rings. The molecule has 0 radical (unpaired) electrons. The number of aliphatic hydroxyl groups is 4. The number of carbonyl (C=O) groups is 1. The highest BCUT2D eigenvalue weighted by Gasteiger charge is 2.44. The first-order valence-corrected chi connectivity index (χ1v) is 9.64. The summed E-state index contributed by atoms with van der Waals surface area (Å²) in [5.74, 6) is -0.897. The Morgan fingerprint density at radius 3 is 2.38 bits per heavy atom. The molecule has 3 rings (SSSR count). The number of allylic oxidation sites excluding steroid dienone is 1. The van der Waals surface area contributed by atoms with Crippen LogP contribution in [0, 0.1) is 0 Å². The Kier molecular flexibility index (Phi) is 7.33. The Bertz CT molecular complexity index is 969. The minimum absolute atomic E-state index is 0.0282. The van der Waals surface area contributed by atoms with E-state index in [9.17, 15) is 35.4 Å². The van der Waals surface area contributed by atoms with Crippen molar-refractivity contribution in [3.05, 3.63) is 53.6 Å². The van der Waals surface area contributed by atoms with Crippen LogP contribution in [0.15, 0.2) is 42.5 Å².